The summed E-state index contributed by atoms with van der Waals surface area (Å²) in [7, 11) is 3.26. The summed E-state index contributed by atoms with van der Waals surface area (Å²) in [6.07, 6.45) is 0. The van der Waals surface area contributed by atoms with Gasteiger partial charge in [0.1, 0.15) is 5.52 Å². The Morgan fingerprint density at radius 3 is 2.46 bits per heavy atom. The summed E-state index contributed by atoms with van der Waals surface area (Å²) >= 11 is 1.64. The van der Waals surface area contributed by atoms with Crippen LogP contribution in [-0.2, 0) is 4.79 Å². The first kappa shape index (κ1) is 16.8. The van der Waals surface area contributed by atoms with Crippen LogP contribution in [0.15, 0.2) is 12.1 Å². The first-order valence-electron chi connectivity index (χ1n) is 8.10. The third kappa shape index (κ3) is 3.00. The molecule has 6 nitrogen and oxygen atoms in total. The number of anilines is 1. The molecule has 1 saturated heterocycles. The number of carbonyl (C=O) groups excluding carboxylic acids is 1. The van der Waals surface area contributed by atoms with Gasteiger partial charge >= 0.3 is 0 Å². The first-order valence-corrected chi connectivity index (χ1v) is 8.92. The van der Waals surface area contributed by atoms with Gasteiger partial charge < -0.3 is 19.3 Å². The highest BCUT2D eigenvalue weighted by molar-refractivity contribution is 7.22. The number of thiazole rings is 1. The number of rotatable bonds is 4. The lowest BCUT2D eigenvalue weighted by Crippen LogP contribution is -2.49. The van der Waals surface area contributed by atoms with Crippen molar-refractivity contribution in [2.24, 2.45) is 5.92 Å². The van der Waals surface area contributed by atoms with Gasteiger partial charge in [0.2, 0.25) is 5.91 Å². The zero-order valence-corrected chi connectivity index (χ0v) is 15.4. The first-order chi connectivity index (χ1) is 11.5. The lowest BCUT2D eigenvalue weighted by molar-refractivity contribution is -0.134. The average Bonchev–Trinajstić information content (AvgIpc) is 3.04. The van der Waals surface area contributed by atoms with E-state index in [-0.39, 0.29) is 11.8 Å². The van der Waals surface area contributed by atoms with Crippen LogP contribution in [0.3, 0.4) is 0 Å². The second-order valence-corrected chi connectivity index (χ2v) is 7.12. The Balaban J connectivity index is 1.80. The summed E-state index contributed by atoms with van der Waals surface area (Å²) in [5, 5.41) is 0.966. The number of nitrogens with zero attached hydrogens (tertiary/aromatic N) is 3. The Morgan fingerprint density at radius 2 is 1.88 bits per heavy atom. The number of hydrogen-bond acceptors (Lipinski definition) is 6. The molecule has 0 unspecified atom stereocenters. The predicted molar refractivity (Wildman–Crippen MR) is 96.4 cm³/mol. The molecule has 0 radical (unpaired) electrons. The molecule has 7 heteroatoms. The molecule has 0 spiro atoms. The minimum absolute atomic E-state index is 0.0516. The molecular weight excluding hydrogens is 326 g/mol. The number of fused-ring (bicyclic) bond motifs is 1. The average molecular weight is 349 g/mol. The van der Waals surface area contributed by atoms with E-state index in [9.17, 15) is 4.79 Å². The molecule has 0 aliphatic carbocycles. The van der Waals surface area contributed by atoms with Gasteiger partial charge in [0, 0.05) is 32.1 Å². The molecular formula is C17H23N3O3S. The van der Waals surface area contributed by atoms with Crippen molar-refractivity contribution < 1.29 is 14.3 Å². The van der Waals surface area contributed by atoms with Crippen LogP contribution in [0.25, 0.3) is 10.2 Å². The van der Waals surface area contributed by atoms with E-state index >= 15 is 0 Å². The Hall–Kier alpha value is -2.02. The molecule has 0 bridgehead atoms. The Kier molecular flexibility index (Phi) is 4.80. The van der Waals surface area contributed by atoms with Crippen LogP contribution in [-0.4, -0.2) is 56.2 Å². The van der Waals surface area contributed by atoms with Gasteiger partial charge in [0.25, 0.3) is 0 Å². The number of amides is 1. The van der Waals surface area contributed by atoms with Crippen LogP contribution >= 0.6 is 11.3 Å². The SMILES string of the molecule is COc1ccc2sc(N3CCN(C(=O)C(C)C)CC3)nc2c1OC. The molecule has 1 aromatic heterocycles. The van der Waals surface area contributed by atoms with Crippen molar-refractivity contribution in [3.63, 3.8) is 0 Å². The van der Waals surface area contributed by atoms with E-state index in [0.29, 0.717) is 11.5 Å². The van der Waals surface area contributed by atoms with Gasteiger partial charge in [0.15, 0.2) is 16.6 Å². The molecule has 0 N–H and O–H groups in total. The van der Waals surface area contributed by atoms with Gasteiger partial charge in [-0.15, -0.1) is 0 Å². The lowest BCUT2D eigenvalue weighted by atomic mass is 10.1. The number of hydrogen-bond donors (Lipinski definition) is 0. The third-order valence-electron chi connectivity index (χ3n) is 4.25. The Morgan fingerprint density at radius 1 is 1.17 bits per heavy atom. The van der Waals surface area contributed by atoms with Gasteiger partial charge in [-0.1, -0.05) is 25.2 Å². The number of benzene rings is 1. The van der Waals surface area contributed by atoms with Crippen LogP contribution in [0.5, 0.6) is 11.5 Å². The lowest BCUT2D eigenvalue weighted by Gasteiger charge is -2.35. The molecule has 0 atom stereocenters. The second-order valence-electron chi connectivity index (χ2n) is 6.11. The van der Waals surface area contributed by atoms with E-state index in [4.69, 9.17) is 14.5 Å². The van der Waals surface area contributed by atoms with Crippen LogP contribution in [0.4, 0.5) is 5.13 Å². The predicted octanol–water partition coefficient (Wildman–Crippen LogP) is 2.62. The molecule has 1 fully saturated rings. The van der Waals surface area contributed by atoms with Crippen molar-refractivity contribution >= 4 is 32.6 Å². The molecule has 130 valence electrons. The van der Waals surface area contributed by atoms with Gasteiger partial charge in [-0.25, -0.2) is 4.98 Å². The molecule has 2 heterocycles. The van der Waals surface area contributed by atoms with E-state index in [0.717, 1.165) is 41.5 Å². The largest absolute Gasteiger partial charge is 0.493 e. The Labute approximate surface area is 146 Å². The molecule has 0 saturated carbocycles. The van der Waals surface area contributed by atoms with Gasteiger partial charge in [0.05, 0.1) is 18.9 Å². The van der Waals surface area contributed by atoms with E-state index < -0.39 is 0 Å². The molecule has 1 aromatic carbocycles. The van der Waals surface area contributed by atoms with Gasteiger partial charge in [-0.3, -0.25) is 4.79 Å². The summed E-state index contributed by atoms with van der Waals surface area (Å²) in [5.74, 6) is 1.64. The summed E-state index contributed by atoms with van der Waals surface area (Å²) in [6, 6.07) is 3.92. The smallest absolute Gasteiger partial charge is 0.225 e. The minimum Gasteiger partial charge on any atom is -0.493 e. The van der Waals surface area contributed by atoms with Gasteiger partial charge in [-0.2, -0.15) is 0 Å². The fourth-order valence-electron chi connectivity index (χ4n) is 2.92. The molecule has 2 aromatic rings. The molecule has 3 rings (SSSR count). The molecule has 1 amide bonds. The van der Waals surface area contributed by atoms with E-state index in [1.807, 2.05) is 30.9 Å². The van der Waals surface area contributed by atoms with Crippen LogP contribution in [0, 0.1) is 5.92 Å². The molecule has 1 aliphatic rings. The fourth-order valence-corrected chi connectivity index (χ4v) is 3.93. The van der Waals surface area contributed by atoms with Crippen molar-refractivity contribution in [1.29, 1.82) is 0 Å². The van der Waals surface area contributed by atoms with Crippen molar-refractivity contribution in [2.45, 2.75) is 13.8 Å². The summed E-state index contributed by atoms with van der Waals surface area (Å²) < 4.78 is 11.9. The topological polar surface area (TPSA) is 54.9 Å². The minimum atomic E-state index is 0.0516. The maximum absolute atomic E-state index is 12.1. The van der Waals surface area contributed by atoms with Crippen molar-refractivity contribution in [2.75, 3.05) is 45.3 Å². The highest BCUT2D eigenvalue weighted by Crippen LogP contribution is 2.40. The zero-order valence-electron chi connectivity index (χ0n) is 14.5. The maximum Gasteiger partial charge on any atom is 0.225 e. The normalized spacial score (nSPS) is 15.2. The quantitative estimate of drug-likeness (QED) is 0.849. The van der Waals surface area contributed by atoms with E-state index in [1.54, 1.807) is 25.6 Å². The number of methoxy groups -OCH3 is 2. The fraction of sp³-hybridized carbons (Fsp3) is 0.529. The van der Waals surface area contributed by atoms with Crippen LogP contribution < -0.4 is 14.4 Å². The van der Waals surface area contributed by atoms with Crippen molar-refractivity contribution in [3.8, 4) is 11.5 Å². The molecule has 1 aliphatic heterocycles. The van der Waals surface area contributed by atoms with Crippen molar-refractivity contribution in [1.82, 2.24) is 9.88 Å². The Bertz CT molecular complexity index is 736. The number of aromatic nitrogens is 1. The van der Waals surface area contributed by atoms with E-state index in [1.165, 1.54) is 0 Å². The summed E-state index contributed by atoms with van der Waals surface area (Å²) in [5.41, 5.74) is 0.831. The third-order valence-corrected chi connectivity index (χ3v) is 5.33. The summed E-state index contributed by atoms with van der Waals surface area (Å²) in [4.78, 5) is 21.0. The second kappa shape index (κ2) is 6.84. The molecule has 24 heavy (non-hydrogen) atoms. The van der Waals surface area contributed by atoms with Crippen LogP contribution in [0.1, 0.15) is 13.8 Å². The number of piperazine rings is 1. The zero-order chi connectivity index (χ0) is 17.3. The number of ether oxygens (including phenoxy) is 2. The van der Waals surface area contributed by atoms with Gasteiger partial charge in [-0.05, 0) is 12.1 Å². The van der Waals surface area contributed by atoms with Crippen molar-refractivity contribution in [3.05, 3.63) is 12.1 Å². The monoisotopic (exact) mass is 349 g/mol. The summed E-state index contributed by atoms with van der Waals surface area (Å²) in [6.45, 7) is 6.99. The van der Waals surface area contributed by atoms with Crippen LogP contribution in [0.2, 0.25) is 0 Å². The number of carbonyl (C=O) groups is 1. The van der Waals surface area contributed by atoms with E-state index in [2.05, 4.69) is 4.90 Å². The highest BCUT2D eigenvalue weighted by Gasteiger charge is 2.25. The highest BCUT2D eigenvalue weighted by atomic mass is 32.1. The standard InChI is InChI=1S/C17H23N3O3S/c1-11(2)16(21)19-7-9-20(10-8-19)17-18-14-13(24-17)6-5-12(22-3)15(14)23-4/h5-6,11H,7-10H2,1-4H3. The maximum atomic E-state index is 12.1.